The first kappa shape index (κ1) is 11.4. The summed E-state index contributed by atoms with van der Waals surface area (Å²) in [7, 11) is 0. The van der Waals surface area contributed by atoms with Crippen molar-refractivity contribution in [3.05, 3.63) is 37.1 Å². The lowest BCUT2D eigenvalue weighted by Crippen LogP contribution is -2.18. The highest BCUT2D eigenvalue weighted by molar-refractivity contribution is 6.03. The summed E-state index contributed by atoms with van der Waals surface area (Å²) in [6.45, 7) is 13.1. The molecule has 3 heteroatoms. The fourth-order valence-electron chi connectivity index (χ4n) is 0.655. The number of hydrazone groups is 1. The van der Waals surface area contributed by atoms with Crippen molar-refractivity contribution in [1.29, 1.82) is 0 Å². The number of aliphatic imine (C=N–C) groups is 1. The van der Waals surface area contributed by atoms with E-state index in [4.69, 9.17) is 0 Å². The highest BCUT2D eigenvalue weighted by Gasteiger charge is 1.98. The Labute approximate surface area is 79.3 Å². The van der Waals surface area contributed by atoms with Crippen molar-refractivity contribution < 1.29 is 0 Å². The first-order valence-electron chi connectivity index (χ1n) is 3.94. The second-order valence-electron chi connectivity index (χ2n) is 2.28. The van der Waals surface area contributed by atoms with Crippen LogP contribution in [0.3, 0.4) is 0 Å². The van der Waals surface area contributed by atoms with E-state index in [-0.39, 0.29) is 0 Å². The highest BCUT2D eigenvalue weighted by atomic mass is 15.3. The molecule has 0 rings (SSSR count). The van der Waals surface area contributed by atoms with Crippen LogP contribution in [0.1, 0.15) is 6.92 Å². The van der Waals surface area contributed by atoms with Gasteiger partial charge in [0.05, 0.1) is 12.3 Å². The molecule has 0 atom stereocenters. The molecule has 0 aromatic rings. The Morgan fingerprint density at radius 1 is 1.54 bits per heavy atom. The molecule has 0 fully saturated rings. The maximum absolute atomic E-state index is 4.17. The van der Waals surface area contributed by atoms with E-state index in [0.29, 0.717) is 6.54 Å². The van der Waals surface area contributed by atoms with Crippen LogP contribution < -0.4 is 5.43 Å². The summed E-state index contributed by atoms with van der Waals surface area (Å²) in [4.78, 5) is 4.17. The third-order valence-corrected chi connectivity index (χ3v) is 1.35. The predicted octanol–water partition coefficient (Wildman–Crippen LogP) is 1.91. The van der Waals surface area contributed by atoms with Crippen molar-refractivity contribution in [1.82, 2.24) is 5.43 Å². The first-order chi connectivity index (χ1) is 6.26. The molecule has 0 aromatic carbocycles. The van der Waals surface area contributed by atoms with Gasteiger partial charge in [0, 0.05) is 12.9 Å². The minimum atomic E-state index is 0.513. The fourth-order valence-corrected chi connectivity index (χ4v) is 0.655. The number of hydrogen-bond acceptors (Lipinski definition) is 3. The quantitative estimate of drug-likeness (QED) is 0.375. The molecule has 0 aliphatic rings. The molecular formula is C10H15N3. The lowest BCUT2D eigenvalue weighted by atomic mass is 10.2. The molecule has 0 heterocycles. The van der Waals surface area contributed by atoms with Gasteiger partial charge in [0.2, 0.25) is 0 Å². The van der Waals surface area contributed by atoms with Gasteiger partial charge in [-0.3, -0.25) is 4.99 Å². The molecule has 0 radical (unpaired) electrons. The average molecular weight is 177 g/mol. The Morgan fingerprint density at radius 2 is 2.23 bits per heavy atom. The topological polar surface area (TPSA) is 36.8 Å². The molecule has 13 heavy (non-hydrogen) atoms. The number of rotatable bonds is 6. The van der Waals surface area contributed by atoms with Crippen molar-refractivity contribution in [2.45, 2.75) is 6.92 Å². The minimum absolute atomic E-state index is 0.513. The predicted molar refractivity (Wildman–Crippen MR) is 59.1 cm³/mol. The molecule has 0 spiro atoms. The summed E-state index contributed by atoms with van der Waals surface area (Å²) in [6.07, 6.45) is 5.21. The van der Waals surface area contributed by atoms with E-state index < -0.39 is 0 Å². The fraction of sp³-hybridized carbons (Fsp3) is 0.200. The van der Waals surface area contributed by atoms with E-state index in [0.717, 1.165) is 11.3 Å². The Morgan fingerprint density at radius 3 is 2.69 bits per heavy atom. The van der Waals surface area contributed by atoms with Gasteiger partial charge in [-0.25, -0.2) is 0 Å². The molecule has 3 nitrogen and oxygen atoms in total. The monoisotopic (exact) mass is 177 g/mol. The van der Waals surface area contributed by atoms with Gasteiger partial charge in [0.25, 0.3) is 0 Å². The van der Waals surface area contributed by atoms with Gasteiger partial charge in [0.15, 0.2) is 0 Å². The lowest BCUT2D eigenvalue weighted by molar-refractivity contribution is 0.856. The van der Waals surface area contributed by atoms with Crippen LogP contribution in [-0.4, -0.2) is 19.0 Å². The normalized spacial score (nSPS) is 11.3. The van der Waals surface area contributed by atoms with E-state index in [2.05, 4.69) is 35.4 Å². The van der Waals surface area contributed by atoms with Crippen LogP contribution in [0.2, 0.25) is 0 Å². The lowest BCUT2D eigenvalue weighted by Gasteiger charge is -2.03. The van der Waals surface area contributed by atoms with Gasteiger partial charge in [-0.15, -0.1) is 0 Å². The summed E-state index contributed by atoms with van der Waals surface area (Å²) in [5.41, 5.74) is 4.31. The Kier molecular flexibility index (Phi) is 6.15. The highest BCUT2D eigenvalue weighted by Crippen LogP contribution is 1.96. The molecule has 0 aliphatic carbocycles. The second-order valence-corrected chi connectivity index (χ2v) is 2.28. The van der Waals surface area contributed by atoms with Crippen LogP contribution >= 0.6 is 0 Å². The Hall–Kier alpha value is -1.64. The third-order valence-electron chi connectivity index (χ3n) is 1.35. The zero-order chi connectivity index (χ0) is 10.1. The molecule has 0 bridgehead atoms. The van der Waals surface area contributed by atoms with Crippen LogP contribution in [-0.2, 0) is 0 Å². The van der Waals surface area contributed by atoms with E-state index in [1.807, 2.05) is 13.0 Å². The smallest absolute Gasteiger partial charge is 0.0757 e. The standard InChI is InChI=1S/C10H15N3/c1-5-7-12-10(8-13-11-4)9(3)6-2/h5-7,13H,2-4,8H2,1H3/b7-5-,12-10?. The van der Waals surface area contributed by atoms with Gasteiger partial charge in [-0.2, -0.15) is 5.10 Å². The van der Waals surface area contributed by atoms with Crippen molar-refractivity contribution in [3.63, 3.8) is 0 Å². The molecule has 70 valence electrons. The largest absolute Gasteiger partial charge is 0.305 e. The summed E-state index contributed by atoms with van der Waals surface area (Å²) >= 11 is 0. The zero-order valence-electron chi connectivity index (χ0n) is 7.95. The summed E-state index contributed by atoms with van der Waals surface area (Å²) in [5, 5.41) is 3.52. The summed E-state index contributed by atoms with van der Waals surface area (Å²) in [5.74, 6) is 0. The van der Waals surface area contributed by atoms with Crippen LogP contribution in [0.25, 0.3) is 0 Å². The molecule has 0 saturated heterocycles. The maximum atomic E-state index is 4.17. The maximum Gasteiger partial charge on any atom is 0.0757 e. The van der Waals surface area contributed by atoms with Crippen LogP contribution in [0, 0.1) is 0 Å². The zero-order valence-corrected chi connectivity index (χ0v) is 7.95. The average Bonchev–Trinajstić information content (AvgIpc) is 2.17. The molecule has 0 saturated carbocycles. The molecule has 0 aliphatic heterocycles. The third kappa shape index (κ3) is 4.74. The first-order valence-corrected chi connectivity index (χ1v) is 3.94. The van der Waals surface area contributed by atoms with Gasteiger partial charge >= 0.3 is 0 Å². The van der Waals surface area contributed by atoms with Crippen molar-refractivity contribution in [2.24, 2.45) is 10.1 Å². The molecule has 0 aromatic heterocycles. The van der Waals surface area contributed by atoms with Crippen molar-refractivity contribution in [3.8, 4) is 0 Å². The number of nitrogens with one attached hydrogen (secondary N) is 1. The van der Waals surface area contributed by atoms with E-state index in [1.54, 1.807) is 12.3 Å². The number of nitrogens with zero attached hydrogens (tertiary/aromatic N) is 2. The SMILES string of the molecule is C=CC(=C)C(CNN=C)=N/C=C\C. The Balaban J connectivity index is 4.43. The second kappa shape index (κ2) is 7.03. The molecule has 0 amide bonds. The number of allylic oxidation sites excluding steroid dienone is 2. The minimum Gasteiger partial charge on any atom is -0.305 e. The van der Waals surface area contributed by atoms with Gasteiger partial charge in [-0.05, 0) is 12.5 Å². The Bertz CT molecular complexity index is 249. The van der Waals surface area contributed by atoms with Crippen molar-refractivity contribution in [2.75, 3.05) is 6.54 Å². The number of hydrogen-bond donors (Lipinski definition) is 1. The van der Waals surface area contributed by atoms with Gasteiger partial charge in [0.1, 0.15) is 0 Å². The molecular weight excluding hydrogens is 162 g/mol. The van der Waals surface area contributed by atoms with Gasteiger partial charge < -0.3 is 5.43 Å². The molecule has 1 N–H and O–H groups in total. The summed E-state index contributed by atoms with van der Waals surface area (Å²) in [6, 6.07) is 0. The molecule has 0 unspecified atom stereocenters. The van der Waals surface area contributed by atoms with Crippen molar-refractivity contribution >= 4 is 12.4 Å². The van der Waals surface area contributed by atoms with E-state index in [1.165, 1.54) is 0 Å². The van der Waals surface area contributed by atoms with Gasteiger partial charge in [-0.1, -0.05) is 25.3 Å². The van der Waals surface area contributed by atoms with Crippen LogP contribution in [0.15, 0.2) is 47.2 Å². The van der Waals surface area contributed by atoms with E-state index >= 15 is 0 Å². The summed E-state index contributed by atoms with van der Waals surface area (Å²) < 4.78 is 0. The van der Waals surface area contributed by atoms with Crippen LogP contribution in [0.5, 0.6) is 0 Å². The van der Waals surface area contributed by atoms with Crippen LogP contribution in [0.4, 0.5) is 0 Å². The van der Waals surface area contributed by atoms with E-state index in [9.17, 15) is 0 Å².